The number of hydrogen-bond acceptors (Lipinski definition) is 2. The molecule has 0 heterocycles. The lowest BCUT2D eigenvalue weighted by atomic mass is 10.3. The molecule has 0 aromatic heterocycles. The maximum Gasteiger partial charge on any atom is 0.302 e. The minimum Gasteiger partial charge on any atom is -0.323 e. The van der Waals surface area contributed by atoms with Crippen molar-refractivity contribution >= 4 is 17.6 Å². The summed E-state index contributed by atoms with van der Waals surface area (Å²) in [6.45, 7) is 0. The van der Waals surface area contributed by atoms with Crippen molar-refractivity contribution in [2.75, 3.05) is 4.72 Å². The monoisotopic (exact) mass is 193 g/mol. The molecule has 0 saturated heterocycles. The summed E-state index contributed by atoms with van der Waals surface area (Å²) >= 11 is 0.175. The average molecular weight is 193 g/mol. The van der Waals surface area contributed by atoms with Crippen molar-refractivity contribution in [3.05, 3.63) is 30.1 Å². The van der Waals surface area contributed by atoms with E-state index in [1.165, 1.54) is 18.2 Å². The standard InChI is InChI=1S/C7H6F3NS/c8-5-3-1-2-4-6(5)11-12-7(9)10/h1-4,7,11H. The highest BCUT2D eigenvalue weighted by Crippen LogP contribution is 2.20. The molecule has 66 valence electrons. The third-order valence-corrected chi connectivity index (χ3v) is 1.65. The molecule has 0 radical (unpaired) electrons. The van der Waals surface area contributed by atoms with E-state index >= 15 is 0 Å². The van der Waals surface area contributed by atoms with Crippen LogP contribution in [0, 0.1) is 5.82 Å². The first kappa shape index (κ1) is 9.25. The summed E-state index contributed by atoms with van der Waals surface area (Å²) in [5.41, 5.74) is 0.0720. The van der Waals surface area contributed by atoms with Crippen LogP contribution >= 0.6 is 11.9 Å². The van der Waals surface area contributed by atoms with Crippen molar-refractivity contribution in [1.82, 2.24) is 0 Å². The maximum absolute atomic E-state index is 12.7. The van der Waals surface area contributed by atoms with E-state index in [1.54, 1.807) is 6.07 Å². The predicted octanol–water partition coefficient (Wildman–Crippen LogP) is 3.11. The van der Waals surface area contributed by atoms with E-state index in [1.807, 2.05) is 0 Å². The molecule has 0 atom stereocenters. The van der Waals surface area contributed by atoms with Gasteiger partial charge >= 0.3 is 5.76 Å². The summed E-state index contributed by atoms with van der Waals surface area (Å²) in [4.78, 5) is 0. The predicted molar refractivity (Wildman–Crippen MR) is 43.6 cm³/mol. The molecular formula is C7H6F3NS. The van der Waals surface area contributed by atoms with E-state index in [0.717, 1.165) is 0 Å². The zero-order chi connectivity index (χ0) is 8.97. The van der Waals surface area contributed by atoms with Gasteiger partial charge in [-0.2, -0.15) is 8.78 Å². The van der Waals surface area contributed by atoms with Crippen LogP contribution in [0.25, 0.3) is 0 Å². The van der Waals surface area contributed by atoms with Gasteiger partial charge in [-0.25, -0.2) is 4.39 Å². The van der Waals surface area contributed by atoms with Crippen molar-refractivity contribution in [3.8, 4) is 0 Å². The van der Waals surface area contributed by atoms with Crippen molar-refractivity contribution in [2.45, 2.75) is 5.76 Å². The summed E-state index contributed by atoms with van der Waals surface area (Å²) in [6.07, 6.45) is 0. The molecule has 0 aliphatic carbocycles. The third-order valence-electron chi connectivity index (χ3n) is 1.13. The Bertz CT molecular complexity index is 254. The van der Waals surface area contributed by atoms with Gasteiger partial charge in [0.25, 0.3) is 0 Å². The lowest BCUT2D eigenvalue weighted by molar-refractivity contribution is 0.252. The summed E-state index contributed by atoms with van der Waals surface area (Å²) in [5, 5.41) is 0. The smallest absolute Gasteiger partial charge is 0.302 e. The Kier molecular flexibility index (Phi) is 3.28. The van der Waals surface area contributed by atoms with Crippen LogP contribution < -0.4 is 4.72 Å². The number of alkyl halides is 2. The number of nitrogens with one attached hydrogen (secondary N) is 1. The Morgan fingerprint density at radius 2 is 1.92 bits per heavy atom. The minimum absolute atomic E-state index is 0.0720. The summed E-state index contributed by atoms with van der Waals surface area (Å²) < 4.78 is 38.2. The van der Waals surface area contributed by atoms with E-state index in [2.05, 4.69) is 4.72 Å². The van der Waals surface area contributed by atoms with Crippen LogP contribution in [0.5, 0.6) is 0 Å². The van der Waals surface area contributed by atoms with E-state index in [-0.39, 0.29) is 17.6 Å². The lowest BCUT2D eigenvalue weighted by Gasteiger charge is -2.04. The molecular weight excluding hydrogens is 187 g/mol. The third kappa shape index (κ3) is 2.65. The van der Waals surface area contributed by atoms with E-state index in [4.69, 9.17) is 0 Å². The van der Waals surface area contributed by atoms with Crippen molar-refractivity contribution in [2.24, 2.45) is 0 Å². The first-order chi connectivity index (χ1) is 5.70. The Morgan fingerprint density at radius 1 is 1.25 bits per heavy atom. The highest BCUT2D eigenvalue weighted by atomic mass is 32.2. The zero-order valence-corrected chi connectivity index (χ0v) is 6.75. The Hall–Kier alpha value is -0.840. The highest BCUT2D eigenvalue weighted by molar-refractivity contribution is 8.00. The molecule has 0 amide bonds. The van der Waals surface area contributed by atoms with Gasteiger partial charge in [0, 0.05) is 11.9 Å². The van der Waals surface area contributed by atoms with Gasteiger partial charge in [-0.15, -0.1) is 0 Å². The van der Waals surface area contributed by atoms with Gasteiger partial charge < -0.3 is 4.72 Å². The number of rotatable bonds is 3. The number of anilines is 1. The topological polar surface area (TPSA) is 12.0 Å². The quantitative estimate of drug-likeness (QED) is 0.740. The fraction of sp³-hybridized carbons (Fsp3) is 0.143. The molecule has 1 nitrogen and oxygen atoms in total. The van der Waals surface area contributed by atoms with Crippen LogP contribution in [0.2, 0.25) is 0 Å². The molecule has 0 aliphatic heterocycles. The fourth-order valence-electron chi connectivity index (χ4n) is 0.652. The van der Waals surface area contributed by atoms with Crippen LogP contribution in [0.1, 0.15) is 0 Å². The zero-order valence-electron chi connectivity index (χ0n) is 5.93. The highest BCUT2D eigenvalue weighted by Gasteiger charge is 2.04. The average Bonchev–Trinajstić information content (AvgIpc) is 2.03. The van der Waals surface area contributed by atoms with Crippen LogP contribution in [-0.4, -0.2) is 5.76 Å². The Morgan fingerprint density at radius 3 is 2.50 bits per heavy atom. The Balaban J connectivity index is 2.57. The van der Waals surface area contributed by atoms with Gasteiger partial charge in [0.2, 0.25) is 0 Å². The normalized spacial score (nSPS) is 10.3. The minimum atomic E-state index is -2.55. The largest absolute Gasteiger partial charge is 0.323 e. The van der Waals surface area contributed by atoms with Crippen LogP contribution in [-0.2, 0) is 0 Å². The summed E-state index contributed by atoms with van der Waals surface area (Å²) in [6, 6.07) is 5.66. The van der Waals surface area contributed by atoms with Crippen molar-refractivity contribution in [3.63, 3.8) is 0 Å². The summed E-state index contributed by atoms with van der Waals surface area (Å²) in [7, 11) is 0. The van der Waals surface area contributed by atoms with E-state index in [9.17, 15) is 13.2 Å². The van der Waals surface area contributed by atoms with Gasteiger partial charge in [0.1, 0.15) is 5.82 Å². The molecule has 0 spiro atoms. The summed E-state index contributed by atoms with van der Waals surface area (Å²) in [5.74, 6) is -3.09. The van der Waals surface area contributed by atoms with Gasteiger partial charge in [-0.3, -0.25) is 0 Å². The number of hydrogen-bond donors (Lipinski definition) is 1. The maximum atomic E-state index is 12.7. The molecule has 0 fully saturated rings. The number of halogens is 3. The SMILES string of the molecule is Fc1ccccc1NSC(F)F. The second-order valence-corrected chi connectivity index (χ2v) is 2.76. The lowest BCUT2D eigenvalue weighted by Crippen LogP contribution is -1.94. The van der Waals surface area contributed by atoms with Gasteiger partial charge in [-0.05, 0) is 12.1 Å². The molecule has 1 N–H and O–H groups in total. The second-order valence-electron chi connectivity index (χ2n) is 1.96. The Labute approximate surface area is 72.1 Å². The van der Waals surface area contributed by atoms with Gasteiger partial charge in [-0.1, -0.05) is 12.1 Å². The van der Waals surface area contributed by atoms with E-state index in [0.29, 0.717) is 0 Å². The molecule has 0 bridgehead atoms. The van der Waals surface area contributed by atoms with Crippen LogP contribution in [0.15, 0.2) is 24.3 Å². The second kappa shape index (κ2) is 4.25. The van der Waals surface area contributed by atoms with Crippen LogP contribution in [0.3, 0.4) is 0 Å². The molecule has 0 unspecified atom stereocenters. The van der Waals surface area contributed by atoms with Crippen molar-refractivity contribution in [1.29, 1.82) is 0 Å². The number of para-hydroxylation sites is 1. The molecule has 1 aromatic carbocycles. The van der Waals surface area contributed by atoms with Crippen LogP contribution in [0.4, 0.5) is 18.9 Å². The van der Waals surface area contributed by atoms with Gasteiger partial charge in [0.05, 0.1) is 5.69 Å². The molecule has 1 rings (SSSR count). The molecule has 5 heteroatoms. The van der Waals surface area contributed by atoms with E-state index < -0.39 is 11.6 Å². The molecule has 0 saturated carbocycles. The van der Waals surface area contributed by atoms with Gasteiger partial charge in [0.15, 0.2) is 0 Å². The van der Waals surface area contributed by atoms with Crippen molar-refractivity contribution < 1.29 is 13.2 Å². The number of benzene rings is 1. The first-order valence-corrected chi connectivity index (χ1v) is 4.02. The first-order valence-electron chi connectivity index (χ1n) is 3.14. The molecule has 1 aromatic rings. The fourth-order valence-corrected chi connectivity index (χ4v) is 1.03. The molecule has 0 aliphatic rings. The molecule has 12 heavy (non-hydrogen) atoms.